The van der Waals surface area contributed by atoms with E-state index in [1.165, 1.54) is 32.2 Å². The summed E-state index contributed by atoms with van der Waals surface area (Å²) in [4.78, 5) is 0. The van der Waals surface area contributed by atoms with E-state index in [4.69, 9.17) is 18.2 Å². The first-order valence-electron chi connectivity index (χ1n) is 16.6. The Morgan fingerprint density at radius 1 is 0.705 bits per heavy atom. The Morgan fingerprint density at radius 3 is 1.57 bits per heavy atom. The molecule has 8 heteroatoms. The van der Waals surface area contributed by atoms with Gasteiger partial charge in [-0.15, -0.1) is 0 Å². The molecule has 5 rings (SSSR count). The topological polar surface area (TPSA) is 36.9 Å². The number of halogens is 1. The van der Waals surface area contributed by atoms with Crippen LogP contribution < -0.4 is 5.46 Å². The van der Waals surface area contributed by atoms with Crippen molar-refractivity contribution in [3.05, 3.63) is 63.1 Å². The van der Waals surface area contributed by atoms with Crippen LogP contribution in [-0.4, -0.2) is 35.0 Å². The van der Waals surface area contributed by atoms with Crippen molar-refractivity contribution in [1.29, 1.82) is 0 Å². The van der Waals surface area contributed by atoms with Gasteiger partial charge in [-0.2, -0.15) is 0 Å². The van der Waals surface area contributed by atoms with Crippen LogP contribution in [0.5, 0.6) is 0 Å². The Balaban J connectivity index is 0.000000215. The molecule has 1 saturated heterocycles. The van der Waals surface area contributed by atoms with E-state index >= 15 is 0 Å². The van der Waals surface area contributed by atoms with Gasteiger partial charge in [0.1, 0.15) is 0 Å². The van der Waals surface area contributed by atoms with Gasteiger partial charge < -0.3 is 18.2 Å². The molecule has 0 spiro atoms. The largest absolute Gasteiger partial charge is 0.495 e. The summed E-state index contributed by atoms with van der Waals surface area (Å²) in [6, 6.07) is 13.0. The van der Waals surface area contributed by atoms with Crippen molar-refractivity contribution in [2.24, 2.45) is 0 Å². The molecule has 0 N–H and O–H groups in total. The van der Waals surface area contributed by atoms with Gasteiger partial charge in [-0.05, 0) is 123 Å². The van der Waals surface area contributed by atoms with Crippen molar-refractivity contribution < 1.29 is 18.2 Å². The van der Waals surface area contributed by atoms with Crippen LogP contribution in [0.25, 0.3) is 0 Å². The normalized spacial score (nSPS) is 22.8. The van der Waals surface area contributed by atoms with Crippen LogP contribution in [0, 0.1) is 0 Å². The second-order valence-corrected chi connectivity index (χ2v) is 27.5. The highest BCUT2D eigenvalue weighted by molar-refractivity contribution is 9.10. The minimum absolute atomic E-state index is 0.202. The third kappa shape index (κ3) is 7.22. The Labute approximate surface area is 279 Å². The van der Waals surface area contributed by atoms with Gasteiger partial charge in [0.15, 0.2) is 16.6 Å². The van der Waals surface area contributed by atoms with E-state index in [1.54, 1.807) is 0 Å². The van der Waals surface area contributed by atoms with Crippen molar-refractivity contribution in [2.75, 3.05) is 0 Å². The highest BCUT2D eigenvalue weighted by Gasteiger charge is 2.53. The minimum Gasteiger partial charge on any atom is -0.410 e. The summed E-state index contributed by atoms with van der Waals surface area (Å²) in [7, 11) is -3.76. The Bertz CT molecular complexity index is 1330. The fraction of sp³-hybridized carbons (Fsp3) is 0.667. The maximum Gasteiger partial charge on any atom is 0.495 e. The highest BCUT2D eigenvalue weighted by Crippen LogP contribution is 2.46. The molecular weight excluding hydrogens is 643 g/mol. The van der Waals surface area contributed by atoms with Crippen LogP contribution >= 0.6 is 15.9 Å². The monoisotopic (exact) mass is 700 g/mol. The summed E-state index contributed by atoms with van der Waals surface area (Å²) < 4.78 is 27.2. The molecule has 2 aromatic rings. The molecular formula is C36H58BBrO4Si2. The third-order valence-corrected chi connectivity index (χ3v) is 21.1. The summed E-state index contributed by atoms with van der Waals surface area (Å²) in [6.45, 7) is 31.6. The lowest BCUT2D eigenvalue weighted by atomic mass is 9.75. The highest BCUT2D eigenvalue weighted by atomic mass is 79.9. The third-order valence-electron chi connectivity index (χ3n) is 11.4. The summed E-state index contributed by atoms with van der Waals surface area (Å²) in [6.07, 6.45) is 4.86. The zero-order valence-corrected chi connectivity index (χ0v) is 33.6. The number of hydrogen-bond donors (Lipinski definition) is 0. The van der Waals surface area contributed by atoms with E-state index in [9.17, 15) is 0 Å². The second-order valence-electron chi connectivity index (χ2n) is 17.1. The van der Waals surface area contributed by atoms with Gasteiger partial charge in [0, 0.05) is 4.47 Å². The van der Waals surface area contributed by atoms with E-state index < -0.39 is 16.6 Å². The molecule has 3 aliphatic rings. The number of fused-ring (bicyclic) bond motifs is 2. The van der Waals surface area contributed by atoms with E-state index in [2.05, 4.69) is 148 Å². The number of benzene rings is 2. The zero-order chi connectivity index (χ0) is 33.1. The quantitative estimate of drug-likeness (QED) is 0.291. The van der Waals surface area contributed by atoms with Gasteiger partial charge in [0.25, 0.3) is 0 Å². The summed E-state index contributed by atoms with van der Waals surface area (Å²) in [5.74, 6) is 0. The van der Waals surface area contributed by atoms with Crippen LogP contribution in [-0.2, 0) is 31.0 Å². The van der Waals surface area contributed by atoms with Crippen LogP contribution in [0.1, 0.15) is 117 Å². The van der Waals surface area contributed by atoms with Gasteiger partial charge in [-0.25, -0.2) is 0 Å². The standard InChI is InChI=1S/C21H35BO3Si.C15H23BrOSi/c1-19(2,3)26(8,9)23-18-14-13-15-16(18)11-10-12-17(15)22-24-20(4,5)21(6,7)25-22;1-15(2,3)18(4,5)17-14-10-9-11-12(14)7-6-8-13(11)16/h10-12,18H,13-14H2,1-9H3;6-8,14H,9-10H2,1-5H3. The van der Waals surface area contributed by atoms with Crippen molar-refractivity contribution in [3.63, 3.8) is 0 Å². The van der Waals surface area contributed by atoms with E-state index in [-0.39, 0.29) is 34.5 Å². The smallest absolute Gasteiger partial charge is 0.410 e. The molecule has 1 fully saturated rings. The second kappa shape index (κ2) is 12.4. The Kier molecular flexibility index (Phi) is 10.1. The van der Waals surface area contributed by atoms with Crippen LogP contribution in [0.2, 0.25) is 36.3 Å². The number of hydrogen-bond acceptors (Lipinski definition) is 4. The van der Waals surface area contributed by atoms with Crippen LogP contribution in [0.3, 0.4) is 0 Å². The van der Waals surface area contributed by atoms with E-state index in [0.717, 1.165) is 25.7 Å². The fourth-order valence-corrected chi connectivity index (χ4v) is 8.92. The van der Waals surface area contributed by atoms with Crippen LogP contribution in [0.15, 0.2) is 40.9 Å². The van der Waals surface area contributed by atoms with Crippen molar-refractivity contribution in [1.82, 2.24) is 0 Å². The molecule has 0 radical (unpaired) electrons. The molecule has 44 heavy (non-hydrogen) atoms. The first-order chi connectivity index (χ1) is 20.0. The molecule has 0 bridgehead atoms. The SMILES string of the molecule is CC(C)(C)[Si](C)(C)OC1CCc2c(Br)cccc21.CC1(C)OB(c2cccc3c2CCC3O[Si](C)(C)C(C)(C)C)OC1(C)C. The maximum absolute atomic E-state index is 6.75. The lowest BCUT2D eigenvalue weighted by Crippen LogP contribution is -2.41. The molecule has 2 atom stereocenters. The minimum atomic E-state index is -1.80. The average molecular weight is 702 g/mol. The van der Waals surface area contributed by atoms with Gasteiger partial charge in [0.05, 0.1) is 23.4 Å². The molecule has 0 amide bonds. The van der Waals surface area contributed by atoms with Gasteiger partial charge in [0.2, 0.25) is 0 Å². The predicted octanol–water partition coefficient (Wildman–Crippen LogP) is 10.5. The molecule has 2 aromatic carbocycles. The van der Waals surface area contributed by atoms with E-state index in [0.29, 0.717) is 6.10 Å². The van der Waals surface area contributed by atoms with Crippen molar-refractivity contribution in [2.45, 2.75) is 155 Å². The number of rotatable bonds is 5. The molecule has 1 aliphatic heterocycles. The average Bonchev–Trinajstić information content (AvgIpc) is 3.52. The van der Waals surface area contributed by atoms with Gasteiger partial charge in [-0.1, -0.05) is 87.8 Å². The van der Waals surface area contributed by atoms with Crippen molar-refractivity contribution >= 4 is 45.1 Å². The van der Waals surface area contributed by atoms with E-state index in [1.807, 2.05) is 0 Å². The molecule has 1 heterocycles. The molecule has 0 aromatic heterocycles. The summed E-state index contributed by atoms with van der Waals surface area (Å²) >= 11 is 3.65. The maximum atomic E-state index is 6.75. The summed E-state index contributed by atoms with van der Waals surface area (Å²) in [5, 5.41) is 0.501. The van der Waals surface area contributed by atoms with Crippen LogP contribution in [0.4, 0.5) is 0 Å². The first-order valence-corrected chi connectivity index (χ1v) is 23.2. The summed E-state index contributed by atoms with van der Waals surface area (Å²) in [5.41, 5.74) is 6.11. The predicted molar refractivity (Wildman–Crippen MR) is 195 cm³/mol. The lowest BCUT2D eigenvalue weighted by Gasteiger charge is -2.38. The Hall–Kier alpha value is -0.741. The zero-order valence-electron chi connectivity index (χ0n) is 30.0. The first kappa shape index (κ1) is 36.1. The van der Waals surface area contributed by atoms with Gasteiger partial charge in [-0.3, -0.25) is 0 Å². The molecule has 244 valence electrons. The Morgan fingerprint density at radius 2 is 1.11 bits per heavy atom. The molecule has 2 aliphatic carbocycles. The molecule has 4 nitrogen and oxygen atoms in total. The van der Waals surface area contributed by atoms with Gasteiger partial charge >= 0.3 is 7.12 Å². The van der Waals surface area contributed by atoms with Crippen molar-refractivity contribution in [3.8, 4) is 0 Å². The fourth-order valence-electron chi connectivity index (χ4n) is 5.72. The molecule has 0 saturated carbocycles. The lowest BCUT2D eigenvalue weighted by molar-refractivity contribution is 0.00578. The molecule has 2 unspecified atom stereocenters.